The molecular weight excluding hydrogens is 194 g/mol. The van der Waals surface area contributed by atoms with Crippen LogP contribution in [-0.4, -0.2) is 29.6 Å². The van der Waals surface area contributed by atoms with Gasteiger partial charge >= 0.3 is 5.97 Å². The Morgan fingerprint density at radius 2 is 2.31 bits per heavy atom. The minimum atomic E-state index is -1.17. The molecule has 2 bridgehead atoms. The van der Waals surface area contributed by atoms with Crippen LogP contribution in [0.3, 0.4) is 0 Å². The van der Waals surface area contributed by atoms with Crippen molar-refractivity contribution in [2.24, 2.45) is 4.99 Å². The van der Waals surface area contributed by atoms with E-state index in [-0.39, 0.29) is 0 Å². The zero-order chi connectivity index (χ0) is 9.69. The van der Waals surface area contributed by atoms with Gasteiger partial charge in [0.2, 0.25) is 0 Å². The summed E-state index contributed by atoms with van der Waals surface area (Å²) in [5.41, 5.74) is -1.90. The first-order valence-electron chi connectivity index (χ1n) is 4.07. The lowest BCUT2D eigenvalue weighted by Gasteiger charge is -2.44. The van der Waals surface area contributed by atoms with Crippen molar-refractivity contribution in [3.05, 3.63) is 0 Å². The van der Waals surface area contributed by atoms with Crippen molar-refractivity contribution in [1.82, 2.24) is 0 Å². The van der Waals surface area contributed by atoms with Gasteiger partial charge in [-0.25, -0.2) is 9.79 Å². The van der Waals surface area contributed by atoms with Crippen molar-refractivity contribution < 1.29 is 14.3 Å². The maximum absolute atomic E-state index is 11.4. The minimum Gasteiger partial charge on any atom is -0.448 e. The van der Waals surface area contributed by atoms with Crippen LogP contribution in [0.2, 0.25) is 0 Å². The van der Waals surface area contributed by atoms with Crippen molar-refractivity contribution in [2.45, 2.75) is 31.1 Å². The van der Waals surface area contributed by atoms with Gasteiger partial charge in [0.15, 0.2) is 5.60 Å². The van der Waals surface area contributed by atoms with Gasteiger partial charge in [-0.15, -0.1) is 0 Å². The summed E-state index contributed by atoms with van der Waals surface area (Å²) in [6.07, 6.45) is 1.20. The number of ether oxygens (including phenoxy) is 2. The lowest BCUT2D eigenvalue weighted by atomic mass is 9.88. The zero-order valence-electron chi connectivity index (χ0n) is 7.46. The molecule has 72 valence electrons. The Hall–Kier alpha value is -0.610. The number of halogens is 1. The fraction of sp³-hybridized carbons (Fsp3) is 0.750. The molecular formula is C8H10ClNO3. The number of rotatable bonds is 1. The van der Waals surface area contributed by atoms with Gasteiger partial charge in [0.05, 0.1) is 0 Å². The van der Waals surface area contributed by atoms with Gasteiger partial charge in [-0.3, -0.25) is 0 Å². The van der Waals surface area contributed by atoms with Gasteiger partial charge in [0.1, 0.15) is 5.17 Å². The highest BCUT2D eigenvalue weighted by Gasteiger charge is 2.56. The Morgan fingerprint density at radius 1 is 1.62 bits per heavy atom. The molecule has 0 saturated carbocycles. The van der Waals surface area contributed by atoms with E-state index in [0.29, 0.717) is 18.0 Å². The third-order valence-corrected chi connectivity index (χ3v) is 3.11. The molecule has 3 aliphatic rings. The number of esters is 1. The smallest absolute Gasteiger partial charge is 0.362 e. The van der Waals surface area contributed by atoms with Crippen LogP contribution in [0.4, 0.5) is 0 Å². The number of methoxy groups -OCH3 is 1. The molecule has 1 saturated heterocycles. The van der Waals surface area contributed by atoms with Gasteiger partial charge in [0, 0.05) is 13.5 Å². The molecule has 2 atom stereocenters. The molecule has 3 heterocycles. The molecule has 13 heavy (non-hydrogen) atoms. The standard InChI is InChI=1S/C8H10ClNO3/c1-7-3-4-8(12-2,6(11)13-7)10-5(7)9/h3-4H2,1-2H3. The lowest BCUT2D eigenvalue weighted by Crippen LogP contribution is -2.59. The largest absolute Gasteiger partial charge is 0.448 e. The molecule has 0 aromatic rings. The first-order valence-corrected chi connectivity index (χ1v) is 4.45. The zero-order valence-corrected chi connectivity index (χ0v) is 8.22. The molecule has 0 aromatic carbocycles. The second kappa shape index (κ2) is 2.45. The fourth-order valence-corrected chi connectivity index (χ4v) is 1.87. The third kappa shape index (κ3) is 1.02. The predicted octanol–water partition coefficient (Wildman–Crippen LogP) is 1.08. The van der Waals surface area contributed by atoms with Gasteiger partial charge < -0.3 is 9.47 Å². The van der Waals surface area contributed by atoms with Crippen LogP contribution < -0.4 is 0 Å². The Bertz CT molecular complexity index is 304. The molecule has 0 radical (unpaired) electrons. The van der Waals surface area contributed by atoms with E-state index in [1.807, 2.05) is 0 Å². The second-order valence-corrected chi connectivity index (χ2v) is 3.87. The van der Waals surface area contributed by atoms with E-state index in [0.717, 1.165) is 0 Å². The van der Waals surface area contributed by atoms with Gasteiger partial charge in [0.25, 0.3) is 5.72 Å². The average Bonchev–Trinajstić information content (AvgIpc) is 2.09. The number of fused-ring (bicyclic) bond motifs is 2. The van der Waals surface area contributed by atoms with Crippen LogP contribution in [0.5, 0.6) is 0 Å². The van der Waals surface area contributed by atoms with Crippen molar-refractivity contribution in [1.29, 1.82) is 0 Å². The summed E-state index contributed by atoms with van der Waals surface area (Å²) >= 11 is 5.88. The molecule has 4 nitrogen and oxygen atoms in total. The van der Waals surface area contributed by atoms with Crippen molar-refractivity contribution in [3.8, 4) is 0 Å². The molecule has 0 spiro atoms. The van der Waals surface area contributed by atoms with Gasteiger partial charge in [-0.2, -0.15) is 0 Å². The molecule has 0 aromatic heterocycles. The van der Waals surface area contributed by atoms with Gasteiger partial charge in [-0.1, -0.05) is 11.6 Å². The lowest BCUT2D eigenvalue weighted by molar-refractivity contribution is -0.194. The Balaban J connectivity index is 2.49. The molecule has 2 unspecified atom stereocenters. The number of carbonyl (C=O) groups excluding carboxylic acids is 1. The Kier molecular flexibility index (Phi) is 1.69. The van der Waals surface area contributed by atoms with E-state index in [9.17, 15) is 4.79 Å². The summed E-state index contributed by atoms with van der Waals surface area (Å²) < 4.78 is 10.2. The summed E-state index contributed by atoms with van der Waals surface area (Å²) in [6, 6.07) is 0. The predicted molar refractivity (Wildman–Crippen MR) is 46.8 cm³/mol. The summed E-state index contributed by atoms with van der Waals surface area (Å²) in [7, 11) is 1.43. The van der Waals surface area contributed by atoms with Crippen molar-refractivity contribution in [2.75, 3.05) is 7.11 Å². The monoisotopic (exact) mass is 203 g/mol. The SMILES string of the molecule is COC12CCC(C)(OC1=O)C(Cl)=N2. The summed E-state index contributed by atoms with van der Waals surface area (Å²) in [6.45, 7) is 1.76. The number of carbonyl (C=O) groups is 1. The summed E-state index contributed by atoms with van der Waals surface area (Å²) in [5, 5.41) is 0.320. The number of hydrogen-bond acceptors (Lipinski definition) is 4. The normalized spacial score (nSPS) is 43.0. The Labute approximate surface area is 80.9 Å². The van der Waals surface area contributed by atoms with Crippen LogP contribution in [0.1, 0.15) is 19.8 Å². The highest BCUT2D eigenvalue weighted by Crippen LogP contribution is 2.42. The molecule has 3 aliphatic heterocycles. The highest BCUT2D eigenvalue weighted by atomic mass is 35.5. The van der Waals surface area contributed by atoms with Crippen LogP contribution in [0, 0.1) is 0 Å². The second-order valence-electron chi connectivity index (χ2n) is 3.51. The average molecular weight is 204 g/mol. The fourth-order valence-electron chi connectivity index (χ4n) is 1.60. The first kappa shape index (κ1) is 8.97. The maximum atomic E-state index is 11.4. The quantitative estimate of drug-likeness (QED) is 0.599. The molecule has 0 N–H and O–H groups in total. The molecule has 3 rings (SSSR count). The van der Waals surface area contributed by atoms with E-state index < -0.39 is 17.3 Å². The Morgan fingerprint density at radius 3 is 2.77 bits per heavy atom. The van der Waals surface area contributed by atoms with Crippen LogP contribution in [0.25, 0.3) is 0 Å². The molecule has 5 heteroatoms. The van der Waals surface area contributed by atoms with Crippen LogP contribution in [-0.2, 0) is 14.3 Å². The van der Waals surface area contributed by atoms with E-state index in [4.69, 9.17) is 21.1 Å². The number of aliphatic imine (C=N–C) groups is 1. The van der Waals surface area contributed by atoms with E-state index >= 15 is 0 Å². The molecule has 1 fully saturated rings. The highest BCUT2D eigenvalue weighted by molar-refractivity contribution is 6.67. The van der Waals surface area contributed by atoms with E-state index in [2.05, 4.69) is 4.99 Å². The summed E-state index contributed by atoms with van der Waals surface area (Å²) in [5.74, 6) is -0.437. The molecule has 0 amide bonds. The first-order chi connectivity index (χ1) is 6.02. The van der Waals surface area contributed by atoms with E-state index in [1.54, 1.807) is 6.92 Å². The maximum Gasteiger partial charge on any atom is 0.362 e. The van der Waals surface area contributed by atoms with Crippen LogP contribution >= 0.6 is 11.6 Å². The van der Waals surface area contributed by atoms with Crippen molar-refractivity contribution in [3.63, 3.8) is 0 Å². The summed E-state index contributed by atoms with van der Waals surface area (Å²) in [4.78, 5) is 15.5. The minimum absolute atomic E-state index is 0.320. The third-order valence-electron chi connectivity index (χ3n) is 2.63. The van der Waals surface area contributed by atoms with E-state index in [1.165, 1.54) is 7.11 Å². The van der Waals surface area contributed by atoms with Crippen LogP contribution in [0.15, 0.2) is 4.99 Å². The van der Waals surface area contributed by atoms with Crippen molar-refractivity contribution >= 4 is 22.7 Å². The molecule has 0 aliphatic carbocycles. The van der Waals surface area contributed by atoms with Gasteiger partial charge in [-0.05, 0) is 13.3 Å². The number of hydrogen-bond donors (Lipinski definition) is 0. The topological polar surface area (TPSA) is 47.9 Å². The number of nitrogens with zero attached hydrogens (tertiary/aromatic N) is 1.